The molecule has 1 saturated carbocycles. The van der Waals surface area contributed by atoms with Crippen molar-refractivity contribution in [2.24, 2.45) is 11.3 Å². The van der Waals surface area contributed by atoms with Crippen LogP contribution < -0.4 is 5.32 Å². The molecule has 2 atom stereocenters. The lowest BCUT2D eigenvalue weighted by Crippen LogP contribution is -2.41. The fourth-order valence-electron chi connectivity index (χ4n) is 4.07. The van der Waals surface area contributed by atoms with Gasteiger partial charge in [-0.25, -0.2) is 0 Å². The van der Waals surface area contributed by atoms with Gasteiger partial charge in [-0.05, 0) is 50.0 Å². The Labute approximate surface area is 120 Å². The van der Waals surface area contributed by atoms with Crippen molar-refractivity contribution in [1.29, 1.82) is 0 Å². The Morgan fingerprint density at radius 3 is 2.53 bits per heavy atom. The van der Waals surface area contributed by atoms with Gasteiger partial charge in [0.15, 0.2) is 0 Å². The molecule has 1 aliphatic heterocycles. The third-order valence-corrected chi connectivity index (χ3v) is 5.96. The third kappa shape index (κ3) is 3.95. The first-order valence-corrected chi connectivity index (χ1v) is 8.65. The van der Waals surface area contributed by atoms with Crippen LogP contribution in [0.25, 0.3) is 0 Å². The minimum Gasteiger partial charge on any atom is -0.312 e. The van der Waals surface area contributed by atoms with E-state index in [9.17, 15) is 0 Å². The zero-order chi connectivity index (χ0) is 13.7. The molecule has 1 aliphatic carbocycles. The van der Waals surface area contributed by atoms with Gasteiger partial charge in [0.25, 0.3) is 0 Å². The number of nitrogens with zero attached hydrogens (tertiary/aromatic N) is 1. The van der Waals surface area contributed by atoms with E-state index in [0.29, 0.717) is 5.41 Å². The monoisotopic (exact) mass is 266 g/mol. The normalized spacial score (nSPS) is 31.7. The smallest absolute Gasteiger partial charge is 0.0107 e. The largest absolute Gasteiger partial charge is 0.312 e. The molecule has 19 heavy (non-hydrogen) atoms. The van der Waals surface area contributed by atoms with Crippen LogP contribution in [0, 0.1) is 11.3 Å². The highest BCUT2D eigenvalue weighted by molar-refractivity contribution is 4.88. The van der Waals surface area contributed by atoms with E-state index >= 15 is 0 Å². The molecule has 2 fully saturated rings. The highest BCUT2D eigenvalue weighted by Gasteiger charge is 2.34. The minimum atomic E-state index is 0.637. The summed E-state index contributed by atoms with van der Waals surface area (Å²) in [6.45, 7) is 12.3. The first kappa shape index (κ1) is 15.3. The first-order valence-electron chi connectivity index (χ1n) is 8.65. The summed E-state index contributed by atoms with van der Waals surface area (Å²) in [4.78, 5) is 2.69. The van der Waals surface area contributed by atoms with E-state index in [0.717, 1.165) is 12.0 Å². The molecule has 112 valence electrons. The van der Waals surface area contributed by atoms with Crippen LogP contribution in [-0.4, -0.2) is 37.1 Å². The fourth-order valence-corrected chi connectivity index (χ4v) is 4.07. The molecule has 1 heterocycles. The predicted molar refractivity (Wildman–Crippen MR) is 83.5 cm³/mol. The van der Waals surface area contributed by atoms with Gasteiger partial charge in [-0.15, -0.1) is 0 Å². The van der Waals surface area contributed by atoms with Gasteiger partial charge >= 0.3 is 0 Å². The molecular formula is C17H34N2. The van der Waals surface area contributed by atoms with Gasteiger partial charge in [0.2, 0.25) is 0 Å². The Kier molecular flexibility index (Phi) is 5.70. The highest BCUT2D eigenvalue weighted by atomic mass is 15.2. The van der Waals surface area contributed by atoms with Crippen LogP contribution in [0.2, 0.25) is 0 Å². The van der Waals surface area contributed by atoms with E-state index in [1.54, 1.807) is 0 Å². The molecule has 0 spiro atoms. The molecule has 1 N–H and O–H groups in total. The summed E-state index contributed by atoms with van der Waals surface area (Å²) >= 11 is 0. The van der Waals surface area contributed by atoms with Gasteiger partial charge < -0.3 is 10.2 Å². The Hall–Kier alpha value is -0.0800. The number of hydrogen-bond donors (Lipinski definition) is 1. The molecule has 0 aromatic rings. The summed E-state index contributed by atoms with van der Waals surface area (Å²) in [5, 5.41) is 3.82. The number of nitrogens with one attached hydrogen (secondary N) is 1. The molecule has 0 aromatic heterocycles. The standard InChI is InChI=1S/C17H34N2/c1-4-17(5-2)10-12-19(14-17)13-11-18-16-9-7-6-8-15(16)3/h15-16,18H,4-14H2,1-3H3. The maximum Gasteiger partial charge on any atom is 0.0107 e. The molecule has 2 aliphatic rings. The van der Waals surface area contributed by atoms with E-state index in [-0.39, 0.29) is 0 Å². The lowest BCUT2D eigenvalue weighted by molar-refractivity contribution is 0.228. The van der Waals surface area contributed by atoms with Gasteiger partial charge in [-0.1, -0.05) is 33.6 Å². The molecule has 2 heteroatoms. The van der Waals surface area contributed by atoms with Crippen molar-refractivity contribution in [1.82, 2.24) is 10.2 Å². The number of hydrogen-bond acceptors (Lipinski definition) is 2. The molecule has 0 amide bonds. The maximum absolute atomic E-state index is 3.82. The molecule has 2 rings (SSSR count). The van der Waals surface area contributed by atoms with E-state index in [4.69, 9.17) is 0 Å². The second kappa shape index (κ2) is 7.08. The Morgan fingerprint density at radius 2 is 1.89 bits per heavy atom. The van der Waals surface area contributed by atoms with Gasteiger partial charge in [0, 0.05) is 25.7 Å². The summed E-state index contributed by atoms with van der Waals surface area (Å²) in [6, 6.07) is 0.790. The zero-order valence-corrected chi connectivity index (χ0v) is 13.4. The summed E-state index contributed by atoms with van der Waals surface area (Å²) < 4.78 is 0. The minimum absolute atomic E-state index is 0.637. The summed E-state index contributed by atoms with van der Waals surface area (Å²) in [5.74, 6) is 0.887. The van der Waals surface area contributed by atoms with Crippen LogP contribution >= 0.6 is 0 Å². The van der Waals surface area contributed by atoms with Crippen LogP contribution in [0.5, 0.6) is 0 Å². The van der Waals surface area contributed by atoms with Crippen molar-refractivity contribution in [2.75, 3.05) is 26.2 Å². The summed E-state index contributed by atoms with van der Waals surface area (Å²) in [7, 11) is 0. The molecule has 0 bridgehead atoms. The van der Waals surface area contributed by atoms with Crippen LogP contribution in [0.15, 0.2) is 0 Å². The van der Waals surface area contributed by atoms with Crippen molar-refractivity contribution in [3.63, 3.8) is 0 Å². The van der Waals surface area contributed by atoms with Gasteiger partial charge in [0.05, 0.1) is 0 Å². The Morgan fingerprint density at radius 1 is 1.16 bits per heavy atom. The van der Waals surface area contributed by atoms with E-state index in [1.165, 1.54) is 71.1 Å². The van der Waals surface area contributed by atoms with Crippen molar-refractivity contribution in [2.45, 2.75) is 71.8 Å². The lowest BCUT2D eigenvalue weighted by Gasteiger charge is -2.31. The van der Waals surface area contributed by atoms with Crippen molar-refractivity contribution in [3.8, 4) is 0 Å². The van der Waals surface area contributed by atoms with Gasteiger partial charge in [0.1, 0.15) is 0 Å². The molecule has 0 aromatic carbocycles. The van der Waals surface area contributed by atoms with E-state index < -0.39 is 0 Å². The van der Waals surface area contributed by atoms with E-state index in [1.807, 2.05) is 0 Å². The zero-order valence-electron chi connectivity index (χ0n) is 13.4. The number of likely N-dealkylation sites (tertiary alicyclic amines) is 1. The second-order valence-corrected chi connectivity index (χ2v) is 7.06. The Bertz CT molecular complexity index is 260. The molecular weight excluding hydrogens is 232 g/mol. The van der Waals surface area contributed by atoms with Crippen molar-refractivity contribution in [3.05, 3.63) is 0 Å². The topological polar surface area (TPSA) is 15.3 Å². The predicted octanol–water partition coefficient (Wildman–Crippen LogP) is 3.67. The lowest BCUT2D eigenvalue weighted by atomic mass is 9.82. The molecule has 2 nitrogen and oxygen atoms in total. The first-order chi connectivity index (χ1) is 9.19. The quantitative estimate of drug-likeness (QED) is 0.789. The average molecular weight is 266 g/mol. The highest BCUT2D eigenvalue weighted by Crippen LogP contribution is 2.36. The van der Waals surface area contributed by atoms with E-state index in [2.05, 4.69) is 31.0 Å². The van der Waals surface area contributed by atoms with Crippen LogP contribution in [-0.2, 0) is 0 Å². The van der Waals surface area contributed by atoms with Gasteiger partial charge in [-0.2, -0.15) is 0 Å². The Balaban J connectivity index is 1.66. The summed E-state index contributed by atoms with van der Waals surface area (Å²) in [5.41, 5.74) is 0.637. The SMILES string of the molecule is CCC1(CC)CCN(CCNC2CCCCC2C)C1. The fraction of sp³-hybridized carbons (Fsp3) is 1.00. The molecule has 1 saturated heterocycles. The van der Waals surface area contributed by atoms with Crippen molar-refractivity contribution >= 4 is 0 Å². The molecule has 0 radical (unpaired) electrons. The second-order valence-electron chi connectivity index (χ2n) is 7.06. The molecule has 2 unspecified atom stereocenters. The van der Waals surface area contributed by atoms with Crippen LogP contribution in [0.1, 0.15) is 65.7 Å². The third-order valence-electron chi connectivity index (χ3n) is 5.96. The maximum atomic E-state index is 3.82. The number of rotatable bonds is 6. The van der Waals surface area contributed by atoms with Gasteiger partial charge in [-0.3, -0.25) is 0 Å². The average Bonchev–Trinajstić information content (AvgIpc) is 2.85. The van der Waals surface area contributed by atoms with Crippen LogP contribution in [0.3, 0.4) is 0 Å². The summed E-state index contributed by atoms with van der Waals surface area (Å²) in [6.07, 6.45) is 9.83. The van der Waals surface area contributed by atoms with Crippen LogP contribution in [0.4, 0.5) is 0 Å². The van der Waals surface area contributed by atoms with Crippen molar-refractivity contribution < 1.29 is 0 Å².